The Bertz CT molecular complexity index is 3970. The first-order valence-corrected chi connectivity index (χ1v) is 23.9. The van der Waals surface area contributed by atoms with Gasteiger partial charge in [-0.05, 0) is 94.0 Å². The van der Waals surface area contributed by atoms with E-state index in [1.807, 2.05) is 0 Å². The molecule has 1 aromatic heterocycles. The van der Waals surface area contributed by atoms with Gasteiger partial charge in [-0.2, -0.15) is 16.8 Å². The number of fused-ring (bicyclic) bond motifs is 5. The van der Waals surface area contributed by atoms with E-state index in [1.54, 1.807) is 30.3 Å². The van der Waals surface area contributed by atoms with E-state index >= 15 is 0 Å². The maximum atomic E-state index is 13.8. The summed E-state index contributed by atoms with van der Waals surface area (Å²) < 4.78 is 153. The molecule has 2 N–H and O–H groups in total. The van der Waals surface area contributed by atoms with Gasteiger partial charge in [0.15, 0.2) is 0 Å². The van der Waals surface area contributed by atoms with Crippen LogP contribution in [0.3, 0.4) is 0 Å². The van der Waals surface area contributed by atoms with Gasteiger partial charge in [-0.15, -0.1) is 20.5 Å². The molecular weight excluding hydrogens is 1040 g/mol. The largest absolute Gasteiger partial charge is 1.00 e. The SMILES string of the molecule is COc1cc(-c2ccc(N=Nc3c(S(=O)(=O)O)cc4cc(S(=O)(=O)[O-])cc(S(=O)(=O)[O-])c4c3[O-])c(OC)c2)ccc1N=Nc1c(S(=O)(=O)O)cc2c(ccc3nc4ccccc4nc32)c1[O-].[Na+].[Na+].[Na+].[Na+]. The van der Waals surface area contributed by atoms with Gasteiger partial charge in [0.1, 0.15) is 52.9 Å². The van der Waals surface area contributed by atoms with Gasteiger partial charge in [0.05, 0.1) is 57.5 Å². The normalized spacial score (nSPS) is 12.1. The smallest absolute Gasteiger partial charge is 0.871 e. The molecule has 0 fully saturated rings. The number of rotatable bonds is 11. The molecule has 0 saturated heterocycles. The Hall–Kier alpha value is -3.30. The number of para-hydroxylation sites is 2. The fourth-order valence-electron chi connectivity index (χ4n) is 6.91. The zero-order chi connectivity index (χ0) is 47.7. The summed E-state index contributed by atoms with van der Waals surface area (Å²) in [6.45, 7) is 0. The van der Waals surface area contributed by atoms with Crippen LogP contribution in [-0.2, 0) is 40.5 Å². The number of aromatic nitrogens is 2. The minimum absolute atomic E-state index is 0. The van der Waals surface area contributed by atoms with Gasteiger partial charge in [0.2, 0.25) is 0 Å². The fourth-order valence-corrected chi connectivity index (χ4v) is 9.55. The summed E-state index contributed by atoms with van der Waals surface area (Å²) in [6, 6.07) is 20.6. The topological polar surface area (TPSA) is 363 Å². The van der Waals surface area contributed by atoms with Crippen LogP contribution < -0.4 is 138 Å². The summed E-state index contributed by atoms with van der Waals surface area (Å²) >= 11 is 0. The fraction of sp³-hybridized carbons (Fsp3) is 0.0500. The van der Waals surface area contributed by atoms with Crippen molar-refractivity contribution in [2.75, 3.05) is 14.2 Å². The van der Waals surface area contributed by atoms with Crippen molar-refractivity contribution in [1.82, 2.24) is 9.97 Å². The average Bonchev–Trinajstić information content (AvgIpc) is 3.25. The molecule has 0 saturated carbocycles. The molecule has 0 unspecified atom stereocenters. The molecule has 1 heterocycles. The first-order chi connectivity index (χ1) is 31.0. The van der Waals surface area contributed by atoms with E-state index in [1.165, 1.54) is 56.7 Å². The summed E-state index contributed by atoms with van der Waals surface area (Å²) in [7, 11) is -19.1. The Labute approximate surface area is 485 Å². The molecule has 0 aliphatic heterocycles. The number of nitrogens with zero attached hydrogens (tertiary/aromatic N) is 6. The van der Waals surface area contributed by atoms with Crippen LogP contribution in [0.1, 0.15) is 0 Å². The Morgan fingerprint density at radius 2 is 1.01 bits per heavy atom. The molecule has 70 heavy (non-hydrogen) atoms. The summed E-state index contributed by atoms with van der Waals surface area (Å²) in [4.78, 5) is 4.24. The molecule has 0 bridgehead atoms. The standard InChI is InChI=1S/C40H28N6O16S4.4Na/c1-61-30-14-19(7-10-27(30)43-45-37-34(66(58,59)60)18-24-23(39(37)47)9-12-29-36(24)42-26-6-4-3-5-25(26)41-29)20-8-11-28(31(15-20)62-2)44-46-38-33(65(55,56)57)16-21-13-22(63(49,50)51)17-32(64(52,53)54)35(21)40(38)48;;;;/h3-18,47-48H,1-2H3,(H,49,50,51)(H,52,53,54)(H,55,56,57)(H,58,59,60);;;;/q;4*+1/p-4. The van der Waals surface area contributed by atoms with Crippen molar-refractivity contribution in [1.29, 1.82) is 0 Å². The molecule has 0 spiro atoms. The zero-order valence-electron chi connectivity index (χ0n) is 37.2. The molecule has 30 heteroatoms. The summed E-state index contributed by atoms with van der Waals surface area (Å²) in [5.74, 6) is -2.47. The second-order valence-electron chi connectivity index (χ2n) is 13.9. The molecular formula is C40H24N6Na4O16S4. The molecule has 7 aromatic carbocycles. The van der Waals surface area contributed by atoms with Crippen molar-refractivity contribution in [3.8, 4) is 34.1 Å². The van der Waals surface area contributed by atoms with Gasteiger partial charge in [-0.25, -0.2) is 26.8 Å². The third kappa shape index (κ3) is 11.9. The second kappa shape index (κ2) is 22.4. The molecule has 22 nitrogen and oxygen atoms in total. The van der Waals surface area contributed by atoms with Crippen molar-refractivity contribution >= 4 is 107 Å². The van der Waals surface area contributed by atoms with E-state index in [0.717, 1.165) is 6.07 Å². The summed E-state index contributed by atoms with van der Waals surface area (Å²) in [5, 5.41) is 41.2. The molecule has 0 aliphatic carbocycles. The predicted molar refractivity (Wildman–Crippen MR) is 226 cm³/mol. The number of benzene rings is 7. The molecule has 0 amide bonds. The Morgan fingerprint density at radius 3 is 1.50 bits per heavy atom. The maximum absolute atomic E-state index is 13.8. The van der Waals surface area contributed by atoms with Gasteiger partial charge in [-0.1, -0.05) is 41.8 Å². The number of azo groups is 2. The second-order valence-corrected chi connectivity index (χ2v) is 19.4. The van der Waals surface area contributed by atoms with Crippen molar-refractivity contribution in [3.63, 3.8) is 0 Å². The Morgan fingerprint density at radius 1 is 0.514 bits per heavy atom. The number of methoxy groups -OCH3 is 2. The number of hydrogen-bond donors (Lipinski definition) is 2. The van der Waals surface area contributed by atoms with E-state index in [4.69, 9.17) is 9.47 Å². The first kappa shape index (κ1) is 59.3. The Kier molecular flexibility index (Phi) is 19.0. The quantitative estimate of drug-likeness (QED) is 0.0400. The van der Waals surface area contributed by atoms with Crippen LogP contribution >= 0.6 is 0 Å². The zero-order valence-corrected chi connectivity index (χ0v) is 48.4. The molecule has 8 aromatic rings. The van der Waals surface area contributed by atoms with Crippen LogP contribution in [0.2, 0.25) is 0 Å². The average molecular weight is 1060 g/mol. The van der Waals surface area contributed by atoms with Gasteiger partial charge in [-0.3, -0.25) is 9.11 Å². The van der Waals surface area contributed by atoms with Crippen LogP contribution in [0.4, 0.5) is 22.7 Å². The van der Waals surface area contributed by atoms with E-state index in [0.29, 0.717) is 39.8 Å². The molecule has 0 atom stereocenters. The van der Waals surface area contributed by atoms with Crippen molar-refractivity contribution < 1.29 is 190 Å². The van der Waals surface area contributed by atoms with Crippen molar-refractivity contribution in [2.45, 2.75) is 19.6 Å². The van der Waals surface area contributed by atoms with E-state index in [9.17, 15) is 62.1 Å². The van der Waals surface area contributed by atoms with Crippen molar-refractivity contribution in [3.05, 3.63) is 97.1 Å². The van der Waals surface area contributed by atoms with Crippen LogP contribution in [0.5, 0.6) is 23.0 Å². The first-order valence-electron chi connectivity index (χ1n) is 18.2. The van der Waals surface area contributed by atoms with Crippen LogP contribution in [-0.4, -0.2) is 76.1 Å². The third-order valence-corrected chi connectivity index (χ3v) is 13.3. The number of ether oxygens (including phenoxy) is 2. The number of hydrogen-bond acceptors (Lipinski definition) is 20. The third-order valence-electron chi connectivity index (χ3n) is 9.91. The van der Waals surface area contributed by atoms with Gasteiger partial charge in [0, 0.05) is 5.39 Å². The molecule has 0 radical (unpaired) electrons. The minimum Gasteiger partial charge on any atom is -0.871 e. The Balaban J connectivity index is 0.00000266. The van der Waals surface area contributed by atoms with Crippen LogP contribution in [0.15, 0.2) is 137 Å². The van der Waals surface area contributed by atoms with Crippen LogP contribution in [0, 0.1) is 0 Å². The maximum Gasteiger partial charge on any atom is 1.00 e. The van der Waals surface area contributed by atoms with E-state index < -0.39 is 93.7 Å². The van der Waals surface area contributed by atoms with E-state index in [-0.39, 0.29) is 163 Å². The molecule has 8 rings (SSSR count). The van der Waals surface area contributed by atoms with Gasteiger partial charge >= 0.3 is 118 Å². The minimum atomic E-state index is -5.69. The predicted octanol–water partition coefficient (Wildman–Crippen LogP) is -5.93. The van der Waals surface area contributed by atoms with Crippen LogP contribution in [0.25, 0.3) is 54.7 Å². The van der Waals surface area contributed by atoms with Crippen molar-refractivity contribution in [2.24, 2.45) is 20.5 Å². The van der Waals surface area contributed by atoms with Gasteiger partial charge in [0.25, 0.3) is 20.2 Å². The molecule has 338 valence electrons. The molecule has 0 aliphatic rings. The monoisotopic (exact) mass is 1060 g/mol. The van der Waals surface area contributed by atoms with Gasteiger partial charge < -0.3 is 28.8 Å². The summed E-state index contributed by atoms with van der Waals surface area (Å²) in [5.41, 5.74) is 0.398. The summed E-state index contributed by atoms with van der Waals surface area (Å²) in [6.07, 6.45) is 0. The van der Waals surface area contributed by atoms with E-state index in [2.05, 4.69) is 30.4 Å².